The van der Waals surface area contributed by atoms with E-state index in [2.05, 4.69) is 26.0 Å². The van der Waals surface area contributed by atoms with E-state index in [0.29, 0.717) is 15.3 Å². The molecule has 0 radical (unpaired) electrons. The zero-order chi connectivity index (χ0) is 17.4. The van der Waals surface area contributed by atoms with Crippen LogP contribution in [0.2, 0.25) is 0 Å². The third-order valence-electron chi connectivity index (χ3n) is 3.70. The second-order valence-electron chi connectivity index (χ2n) is 5.33. The van der Waals surface area contributed by atoms with Crippen LogP contribution in [-0.2, 0) is 0 Å². The van der Waals surface area contributed by atoms with Crippen molar-refractivity contribution in [3.8, 4) is 11.4 Å². The Morgan fingerprint density at radius 3 is 2.48 bits per heavy atom. The maximum absolute atomic E-state index is 12.6. The van der Waals surface area contributed by atoms with E-state index in [-0.39, 0.29) is 5.56 Å². The zero-order valence-electron chi connectivity index (χ0n) is 13.1. The average molecular weight is 430 g/mol. The van der Waals surface area contributed by atoms with Gasteiger partial charge in [-0.15, -0.1) is 16.9 Å². The van der Waals surface area contributed by atoms with Crippen molar-refractivity contribution >= 4 is 50.1 Å². The van der Waals surface area contributed by atoms with E-state index in [1.807, 2.05) is 60.9 Å². The second kappa shape index (κ2) is 6.74. The molecule has 4 aromatic rings. The summed E-state index contributed by atoms with van der Waals surface area (Å²) in [4.78, 5) is 18.9. The van der Waals surface area contributed by atoms with Crippen LogP contribution < -0.4 is 10.1 Å². The van der Waals surface area contributed by atoms with Crippen LogP contribution in [0, 0.1) is 0 Å². The molecule has 0 amide bonds. The van der Waals surface area contributed by atoms with Gasteiger partial charge in [-0.3, -0.25) is 4.79 Å². The number of nitrogens with zero attached hydrogens (tertiary/aromatic N) is 3. The molecule has 0 N–H and O–H groups in total. The van der Waals surface area contributed by atoms with E-state index in [1.165, 1.54) is 20.7 Å². The molecule has 0 aliphatic rings. The number of aromatic nitrogens is 3. The smallest absolute Gasteiger partial charge is 0.266 e. The van der Waals surface area contributed by atoms with Gasteiger partial charge in [0.1, 0.15) is 0 Å². The van der Waals surface area contributed by atoms with Crippen LogP contribution in [0.5, 0.6) is 0 Å². The van der Waals surface area contributed by atoms with E-state index in [1.54, 1.807) is 11.8 Å². The van der Waals surface area contributed by atoms with Crippen LogP contribution in [0.1, 0.15) is 5.56 Å². The minimum atomic E-state index is -0.134. The summed E-state index contributed by atoms with van der Waals surface area (Å²) in [5.74, 6) is 0.562. The summed E-state index contributed by atoms with van der Waals surface area (Å²) in [6, 6.07) is 15.8. The first-order valence-corrected chi connectivity index (χ1v) is 10.3. The first-order valence-electron chi connectivity index (χ1n) is 7.45. The molecule has 4 rings (SSSR count). The molecular weight excluding hydrogens is 418 g/mol. The van der Waals surface area contributed by atoms with Crippen LogP contribution in [0.25, 0.3) is 22.4 Å². The normalized spacial score (nSPS) is 12.2. The Balaban J connectivity index is 1.76. The Kier molecular flexibility index (Phi) is 4.45. The lowest BCUT2D eigenvalue weighted by Gasteiger charge is -1.95. The van der Waals surface area contributed by atoms with Gasteiger partial charge in [0.05, 0.1) is 4.53 Å². The van der Waals surface area contributed by atoms with Gasteiger partial charge in [0.2, 0.25) is 4.96 Å². The third kappa shape index (κ3) is 3.27. The molecular formula is C18H12BrN3OS2. The van der Waals surface area contributed by atoms with Crippen molar-refractivity contribution < 1.29 is 0 Å². The molecule has 0 aliphatic heterocycles. The fraction of sp³-hybridized carbons (Fsp3) is 0.0556. The maximum Gasteiger partial charge on any atom is 0.291 e. The van der Waals surface area contributed by atoms with Crippen LogP contribution in [-0.4, -0.2) is 20.9 Å². The molecule has 0 atom stereocenters. The van der Waals surface area contributed by atoms with Crippen LogP contribution in [0.15, 0.2) is 62.7 Å². The quantitative estimate of drug-likeness (QED) is 0.464. The van der Waals surface area contributed by atoms with Gasteiger partial charge in [0.25, 0.3) is 5.56 Å². The monoisotopic (exact) mass is 429 g/mol. The maximum atomic E-state index is 12.6. The lowest BCUT2D eigenvalue weighted by molar-refractivity contribution is 0.937. The number of fused-ring (bicyclic) bond motifs is 1. The molecule has 25 heavy (non-hydrogen) atoms. The first-order chi connectivity index (χ1) is 12.1. The number of halogens is 1. The highest BCUT2D eigenvalue weighted by atomic mass is 79.9. The van der Waals surface area contributed by atoms with Crippen molar-refractivity contribution in [3.63, 3.8) is 0 Å². The highest BCUT2D eigenvalue weighted by Gasteiger charge is 2.11. The topological polar surface area (TPSA) is 47.3 Å². The van der Waals surface area contributed by atoms with Crippen LogP contribution in [0.4, 0.5) is 0 Å². The highest BCUT2D eigenvalue weighted by molar-refractivity contribution is 9.10. The van der Waals surface area contributed by atoms with Crippen molar-refractivity contribution in [2.24, 2.45) is 0 Å². The molecule has 124 valence electrons. The van der Waals surface area contributed by atoms with Gasteiger partial charge in [0, 0.05) is 14.9 Å². The number of thioether (sulfide) groups is 1. The van der Waals surface area contributed by atoms with Crippen LogP contribution in [0.3, 0.4) is 0 Å². The third-order valence-corrected chi connectivity index (χ3v) is 5.93. The Bertz CT molecular complexity index is 1150. The molecule has 0 aliphatic carbocycles. The summed E-state index contributed by atoms with van der Waals surface area (Å²) in [6.45, 7) is 0. The largest absolute Gasteiger partial charge is 0.291 e. The molecule has 2 aromatic carbocycles. The molecule has 2 heterocycles. The average Bonchev–Trinajstić information content (AvgIpc) is 3.16. The van der Waals surface area contributed by atoms with Gasteiger partial charge in [0.15, 0.2) is 5.82 Å². The van der Waals surface area contributed by atoms with Gasteiger partial charge in [-0.2, -0.15) is 9.50 Å². The molecule has 0 fully saturated rings. The molecule has 0 bridgehead atoms. The predicted molar refractivity (Wildman–Crippen MR) is 107 cm³/mol. The summed E-state index contributed by atoms with van der Waals surface area (Å²) < 4.78 is 3.00. The van der Waals surface area contributed by atoms with Crippen molar-refractivity contribution in [1.29, 1.82) is 0 Å². The van der Waals surface area contributed by atoms with Gasteiger partial charge in [-0.1, -0.05) is 51.5 Å². The van der Waals surface area contributed by atoms with Gasteiger partial charge >= 0.3 is 0 Å². The Hall–Kier alpha value is -1.96. The van der Waals surface area contributed by atoms with Crippen molar-refractivity contribution in [2.45, 2.75) is 4.90 Å². The van der Waals surface area contributed by atoms with Crippen molar-refractivity contribution in [1.82, 2.24) is 14.6 Å². The number of thiazole rings is 1. The standard InChI is InChI=1S/C18H12BrN3OS2/c1-24-14-8-2-11(3-9-14)10-15-17(23)22-18(25-15)20-16(21-22)12-4-6-13(19)7-5-12/h2-10H,1H3/b15-10-. The fourth-order valence-electron chi connectivity index (χ4n) is 2.41. The minimum absolute atomic E-state index is 0.134. The molecule has 2 aromatic heterocycles. The molecule has 0 saturated heterocycles. The fourth-order valence-corrected chi connectivity index (χ4v) is 3.99. The van der Waals surface area contributed by atoms with Gasteiger partial charge in [-0.05, 0) is 42.2 Å². The number of rotatable bonds is 3. The Morgan fingerprint density at radius 1 is 1.12 bits per heavy atom. The number of hydrogen-bond donors (Lipinski definition) is 0. The molecule has 0 unspecified atom stereocenters. The zero-order valence-corrected chi connectivity index (χ0v) is 16.4. The molecule has 0 spiro atoms. The van der Waals surface area contributed by atoms with Gasteiger partial charge in [-0.25, -0.2) is 0 Å². The van der Waals surface area contributed by atoms with Crippen molar-refractivity contribution in [2.75, 3.05) is 6.26 Å². The second-order valence-corrected chi connectivity index (χ2v) is 8.13. The SMILES string of the molecule is CSc1ccc(/C=c2\sc3nc(-c4ccc(Br)cc4)nn3c2=O)cc1. The van der Waals surface area contributed by atoms with E-state index in [9.17, 15) is 4.79 Å². The molecule has 7 heteroatoms. The summed E-state index contributed by atoms with van der Waals surface area (Å²) in [7, 11) is 0. The minimum Gasteiger partial charge on any atom is -0.266 e. The first kappa shape index (κ1) is 16.5. The van der Waals surface area contributed by atoms with E-state index in [0.717, 1.165) is 15.6 Å². The summed E-state index contributed by atoms with van der Waals surface area (Å²) in [5, 5.41) is 4.37. The number of hydrogen-bond acceptors (Lipinski definition) is 5. The summed E-state index contributed by atoms with van der Waals surface area (Å²) in [5.41, 5.74) is 1.74. The highest BCUT2D eigenvalue weighted by Crippen LogP contribution is 2.19. The molecule has 4 nitrogen and oxygen atoms in total. The number of benzene rings is 2. The van der Waals surface area contributed by atoms with Crippen molar-refractivity contribution in [3.05, 3.63) is 73.5 Å². The Labute approximate surface area is 160 Å². The lowest BCUT2D eigenvalue weighted by atomic mass is 10.2. The van der Waals surface area contributed by atoms with E-state index in [4.69, 9.17) is 0 Å². The van der Waals surface area contributed by atoms with Crippen LogP contribution >= 0.6 is 39.0 Å². The van der Waals surface area contributed by atoms with E-state index >= 15 is 0 Å². The summed E-state index contributed by atoms with van der Waals surface area (Å²) in [6.07, 6.45) is 3.92. The lowest BCUT2D eigenvalue weighted by Crippen LogP contribution is -2.23. The van der Waals surface area contributed by atoms with Gasteiger partial charge < -0.3 is 0 Å². The summed E-state index contributed by atoms with van der Waals surface area (Å²) >= 11 is 6.45. The Morgan fingerprint density at radius 2 is 1.84 bits per heavy atom. The molecule has 0 saturated carbocycles. The predicted octanol–water partition coefficient (Wildman–Crippen LogP) is 3.85. The van der Waals surface area contributed by atoms with E-state index < -0.39 is 0 Å².